The Labute approximate surface area is 180 Å². The Balaban J connectivity index is 1.85. The number of hydrogen-bond donors (Lipinski definition) is 2. The molecule has 4 nitrogen and oxygen atoms in total. The van der Waals surface area contributed by atoms with Crippen molar-refractivity contribution in [3.8, 4) is 0 Å². The number of rotatable bonds is 4. The van der Waals surface area contributed by atoms with Gasteiger partial charge in [-0.3, -0.25) is 9.59 Å². The number of anilines is 2. The summed E-state index contributed by atoms with van der Waals surface area (Å²) in [5, 5.41) is 5.71. The molecule has 6 heteroatoms. The summed E-state index contributed by atoms with van der Waals surface area (Å²) < 4.78 is 1.57. The van der Waals surface area contributed by atoms with E-state index in [0.717, 1.165) is 20.1 Å². The molecule has 28 heavy (non-hydrogen) atoms. The summed E-state index contributed by atoms with van der Waals surface area (Å²) >= 11 is 6.91. The van der Waals surface area contributed by atoms with Gasteiger partial charge in [0.2, 0.25) is 0 Å². The summed E-state index contributed by atoms with van der Waals surface area (Å²) in [7, 11) is 0. The lowest BCUT2D eigenvalue weighted by atomic mass is 10.1. The monoisotopic (exact) mass is 500 g/mol. The molecule has 3 aromatic rings. The normalized spacial score (nSPS) is 10.4. The van der Waals surface area contributed by atoms with Crippen molar-refractivity contribution in [1.82, 2.24) is 0 Å². The largest absolute Gasteiger partial charge is 0.321 e. The second-order valence-corrected chi connectivity index (χ2v) is 8.13. The van der Waals surface area contributed by atoms with E-state index in [0.29, 0.717) is 22.5 Å². The number of nitrogens with one attached hydrogen (secondary N) is 2. The van der Waals surface area contributed by atoms with E-state index in [2.05, 4.69) is 42.5 Å². The summed E-state index contributed by atoms with van der Waals surface area (Å²) in [5.41, 5.74) is 4.05. The molecule has 0 radical (unpaired) electrons. The Kier molecular flexibility index (Phi) is 6.31. The maximum atomic E-state index is 12.8. The van der Waals surface area contributed by atoms with Crippen molar-refractivity contribution in [1.29, 1.82) is 0 Å². The van der Waals surface area contributed by atoms with Crippen molar-refractivity contribution in [3.05, 3.63) is 91.9 Å². The molecule has 3 rings (SSSR count). The molecule has 0 aromatic heterocycles. The van der Waals surface area contributed by atoms with E-state index in [9.17, 15) is 9.59 Å². The third-order valence-electron chi connectivity index (χ3n) is 4.16. The van der Waals surface area contributed by atoms with E-state index < -0.39 is 0 Å². The van der Waals surface area contributed by atoms with Crippen LogP contribution in [0.3, 0.4) is 0 Å². The number of hydrogen-bond acceptors (Lipinski definition) is 2. The standard InChI is InChI=1S/C22H18Br2N2O2/c1-13-7-9-19(17(23)11-13)25-21(27)15-5-3-4-6-16(15)22(28)26-20-10-8-14(2)12-18(20)24/h3-12H,1-2H3,(H,25,27)(H,26,28). The van der Waals surface area contributed by atoms with Gasteiger partial charge in [-0.2, -0.15) is 0 Å². The fourth-order valence-corrected chi connectivity index (χ4v) is 3.89. The van der Waals surface area contributed by atoms with Crippen molar-refractivity contribution < 1.29 is 9.59 Å². The Morgan fingerprint density at radius 1 is 0.679 bits per heavy atom. The van der Waals surface area contributed by atoms with Crippen LogP contribution in [-0.2, 0) is 0 Å². The van der Waals surface area contributed by atoms with Crippen molar-refractivity contribution in [3.63, 3.8) is 0 Å². The molecule has 2 amide bonds. The van der Waals surface area contributed by atoms with Crippen LogP contribution in [-0.4, -0.2) is 11.8 Å². The summed E-state index contributed by atoms with van der Waals surface area (Å²) in [6.07, 6.45) is 0. The molecule has 2 N–H and O–H groups in total. The first-order valence-corrected chi connectivity index (χ1v) is 10.2. The highest BCUT2D eigenvalue weighted by atomic mass is 79.9. The molecule has 0 aliphatic rings. The molecule has 0 unspecified atom stereocenters. The zero-order chi connectivity index (χ0) is 20.3. The van der Waals surface area contributed by atoms with E-state index in [4.69, 9.17) is 0 Å². The molecule has 0 spiro atoms. The van der Waals surface area contributed by atoms with Gasteiger partial charge in [-0.25, -0.2) is 0 Å². The molecule has 3 aromatic carbocycles. The van der Waals surface area contributed by atoms with Crippen LogP contribution in [0.2, 0.25) is 0 Å². The van der Waals surface area contributed by atoms with Crippen LogP contribution in [0.5, 0.6) is 0 Å². The average Bonchev–Trinajstić information content (AvgIpc) is 2.66. The van der Waals surface area contributed by atoms with Gasteiger partial charge in [0, 0.05) is 8.95 Å². The van der Waals surface area contributed by atoms with Crippen LogP contribution in [0.15, 0.2) is 69.6 Å². The number of halogens is 2. The third kappa shape index (κ3) is 4.69. The van der Waals surface area contributed by atoms with Crippen molar-refractivity contribution >= 4 is 55.0 Å². The smallest absolute Gasteiger partial charge is 0.256 e. The molecular weight excluding hydrogens is 484 g/mol. The maximum absolute atomic E-state index is 12.8. The number of benzene rings is 3. The van der Waals surface area contributed by atoms with E-state index in [1.165, 1.54) is 0 Å². The van der Waals surface area contributed by atoms with Gasteiger partial charge in [0.15, 0.2) is 0 Å². The van der Waals surface area contributed by atoms with Gasteiger partial charge in [0.1, 0.15) is 0 Å². The first-order valence-electron chi connectivity index (χ1n) is 8.59. The van der Waals surface area contributed by atoms with Crippen molar-refractivity contribution in [2.24, 2.45) is 0 Å². The lowest BCUT2D eigenvalue weighted by Crippen LogP contribution is -2.20. The molecule has 0 aliphatic carbocycles. The molecule has 0 atom stereocenters. The first-order chi connectivity index (χ1) is 13.3. The first kappa shape index (κ1) is 20.3. The van der Waals surface area contributed by atoms with Crippen LogP contribution in [0, 0.1) is 13.8 Å². The van der Waals surface area contributed by atoms with Gasteiger partial charge < -0.3 is 10.6 Å². The lowest BCUT2D eigenvalue weighted by Gasteiger charge is -2.13. The molecule has 0 aliphatic heterocycles. The van der Waals surface area contributed by atoms with Crippen LogP contribution >= 0.6 is 31.9 Å². The van der Waals surface area contributed by atoms with E-state index >= 15 is 0 Å². The summed E-state index contributed by atoms with van der Waals surface area (Å²) in [6.45, 7) is 3.94. The molecule has 0 saturated carbocycles. The average molecular weight is 502 g/mol. The molecular formula is C22H18Br2N2O2. The van der Waals surface area contributed by atoms with Gasteiger partial charge >= 0.3 is 0 Å². The minimum absolute atomic E-state index is 0.302. The lowest BCUT2D eigenvalue weighted by molar-refractivity contribution is 0.0990. The van der Waals surface area contributed by atoms with Crippen molar-refractivity contribution in [2.45, 2.75) is 13.8 Å². The van der Waals surface area contributed by atoms with E-state index in [1.807, 2.05) is 50.2 Å². The number of aryl methyl sites for hydroxylation is 2. The Bertz CT molecular complexity index is 980. The zero-order valence-corrected chi connectivity index (χ0v) is 18.5. The van der Waals surface area contributed by atoms with Crippen LogP contribution in [0.4, 0.5) is 11.4 Å². The Morgan fingerprint density at radius 3 is 1.43 bits per heavy atom. The van der Waals surface area contributed by atoms with E-state index in [1.54, 1.807) is 24.3 Å². The fourth-order valence-electron chi connectivity index (χ4n) is 2.70. The third-order valence-corrected chi connectivity index (χ3v) is 5.47. The molecule has 0 bridgehead atoms. The SMILES string of the molecule is Cc1ccc(NC(=O)c2ccccc2C(=O)Nc2ccc(C)cc2Br)c(Br)c1. The predicted molar refractivity (Wildman–Crippen MR) is 120 cm³/mol. The fraction of sp³-hybridized carbons (Fsp3) is 0.0909. The topological polar surface area (TPSA) is 58.2 Å². The van der Waals surface area contributed by atoms with Crippen LogP contribution < -0.4 is 10.6 Å². The molecule has 0 heterocycles. The Morgan fingerprint density at radius 2 is 1.07 bits per heavy atom. The van der Waals surface area contributed by atoms with E-state index in [-0.39, 0.29) is 11.8 Å². The van der Waals surface area contributed by atoms with Gasteiger partial charge in [-0.05, 0) is 93.2 Å². The minimum Gasteiger partial charge on any atom is -0.321 e. The van der Waals surface area contributed by atoms with Crippen LogP contribution in [0.25, 0.3) is 0 Å². The second-order valence-electron chi connectivity index (χ2n) is 6.42. The molecule has 0 fully saturated rings. The van der Waals surface area contributed by atoms with Gasteiger partial charge in [0.05, 0.1) is 22.5 Å². The number of carbonyl (C=O) groups is 2. The van der Waals surface area contributed by atoms with Gasteiger partial charge in [-0.15, -0.1) is 0 Å². The quantitative estimate of drug-likeness (QED) is 0.438. The molecule has 142 valence electrons. The predicted octanol–water partition coefficient (Wildman–Crippen LogP) is 6.33. The zero-order valence-electron chi connectivity index (χ0n) is 15.3. The Hall–Kier alpha value is -2.44. The molecule has 0 saturated heterocycles. The number of amides is 2. The highest BCUT2D eigenvalue weighted by Gasteiger charge is 2.18. The summed E-state index contributed by atoms with van der Waals surface area (Å²) in [5.74, 6) is -0.698. The second kappa shape index (κ2) is 8.71. The highest BCUT2D eigenvalue weighted by molar-refractivity contribution is 9.11. The van der Waals surface area contributed by atoms with Gasteiger partial charge in [-0.1, -0.05) is 24.3 Å². The van der Waals surface area contributed by atoms with Crippen LogP contribution in [0.1, 0.15) is 31.8 Å². The highest BCUT2D eigenvalue weighted by Crippen LogP contribution is 2.26. The minimum atomic E-state index is -0.349. The maximum Gasteiger partial charge on any atom is 0.256 e. The number of carbonyl (C=O) groups excluding carboxylic acids is 2. The summed E-state index contributed by atoms with van der Waals surface area (Å²) in [6, 6.07) is 18.0. The summed E-state index contributed by atoms with van der Waals surface area (Å²) in [4.78, 5) is 25.6. The van der Waals surface area contributed by atoms with Gasteiger partial charge in [0.25, 0.3) is 11.8 Å². The van der Waals surface area contributed by atoms with Crippen molar-refractivity contribution in [2.75, 3.05) is 10.6 Å².